The van der Waals surface area contributed by atoms with E-state index in [4.69, 9.17) is 11.6 Å². The molecule has 1 N–H and O–H groups in total. The third kappa shape index (κ3) is 4.41. The molecule has 18 heteroatoms. The Labute approximate surface area is 176 Å². The summed E-state index contributed by atoms with van der Waals surface area (Å²) in [4.78, 5) is 0. The van der Waals surface area contributed by atoms with Crippen molar-refractivity contribution in [1.29, 1.82) is 0 Å². The lowest BCUT2D eigenvalue weighted by Crippen LogP contribution is -2.70. The molecule has 1 rings (SSSR count). The highest BCUT2D eigenvalue weighted by molar-refractivity contribution is 6.30. The van der Waals surface area contributed by atoms with Crippen molar-refractivity contribution in [2.24, 2.45) is 0 Å². The Balaban J connectivity index is 3.67. The third-order valence-electron chi connectivity index (χ3n) is 4.25. The summed E-state index contributed by atoms with van der Waals surface area (Å²) >= 11 is 5.26. The summed E-state index contributed by atoms with van der Waals surface area (Å²) in [5.74, 6) is -39.7. The van der Waals surface area contributed by atoms with Crippen LogP contribution >= 0.6 is 11.6 Å². The molecule has 0 saturated heterocycles. The van der Waals surface area contributed by atoms with Crippen molar-refractivity contribution in [3.63, 3.8) is 0 Å². The topological polar surface area (TPSA) is 20.2 Å². The van der Waals surface area contributed by atoms with Crippen LogP contribution in [0.2, 0.25) is 5.02 Å². The number of benzene rings is 1. The first kappa shape index (κ1) is 29.4. The molecule has 0 radical (unpaired) electrons. The van der Waals surface area contributed by atoms with Crippen molar-refractivity contribution in [3.05, 3.63) is 34.9 Å². The summed E-state index contributed by atoms with van der Waals surface area (Å²) in [5.41, 5.74) is -7.03. The lowest BCUT2D eigenvalue weighted by molar-refractivity contribution is -0.443. The zero-order valence-electron chi connectivity index (χ0n) is 14.9. The van der Waals surface area contributed by atoms with Gasteiger partial charge in [-0.25, -0.2) is 0 Å². The highest BCUT2D eigenvalue weighted by atomic mass is 35.5. The van der Waals surface area contributed by atoms with E-state index in [9.17, 15) is 75.4 Å². The van der Waals surface area contributed by atoms with Gasteiger partial charge in [0.25, 0.3) is 0 Å². The van der Waals surface area contributed by atoms with Crippen LogP contribution in [0.1, 0.15) is 12.0 Å². The van der Waals surface area contributed by atoms with Gasteiger partial charge in [-0.3, -0.25) is 0 Å². The van der Waals surface area contributed by atoms with Crippen molar-refractivity contribution in [2.75, 3.05) is 0 Å². The maximum absolute atomic E-state index is 13.9. The molecule has 0 fully saturated rings. The van der Waals surface area contributed by atoms with Crippen LogP contribution in [0, 0.1) is 0 Å². The molecule has 0 amide bonds. The lowest BCUT2D eigenvalue weighted by atomic mass is 9.82. The van der Waals surface area contributed by atoms with E-state index in [-0.39, 0.29) is 12.1 Å². The molecule has 0 heterocycles. The minimum absolute atomic E-state index is 0.0355. The van der Waals surface area contributed by atoms with Crippen LogP contribution in [0.15, 0.2) is 24.3 Å². The Morgan fingerprint density at radius 2 is 1.03 bits per heavy atom. The van der Waals surface area contributed by atoms with Crippen molar-refractivity contribution >= 4 is 11.6 Å². The van der Waals surface area contributed by atoms with E-state index in [0.717, 1.165) is 6.07 Å². The third-order valence-corrected chi connectivity index (χ3v) is 4.48. The smallest absolute Gasteiger partial charge is 0.376 e. The van der Waals surface area contributed by atoms with Crippen LogP contribution < -0.4 is 0 Å². The van der Waals surface area contributed by atoms with Crippen LogP contribution in [-0.2, 0) is 5.60 Å². The Kier molecular flexibility index (Phi) is 7.08. The Hall–Kier alpha value is -1.65. The normalized spacial score (nSPS) is 17.2. The molecule has 1 nitrogen and oxygen atoms in total. The van der Waals surface area contributed by atoms with E-state index in [0.29, 0.717) is 6.07 Å². The first-order chi connectivity index (χ1) is 14.2. The molecule has 1 unspecified atom stereocenters. The Morgan fingerprint density at radius 3 is 1.39 bits per heavy atom. The van der Waals surface area contributed by atoms with E-state index in [1.165, 1.54) is 0 Å². The van der Waals surface area contributed by atoms with Crippen LogP contribution in [0.4, 0.5) is 70.2 Å². The fourth-order valence-electron chi connectivity index (χ4n) is 2.35. The van der Waals surface area contributed by atoms with E-state index in [1.54, 1.807) is 0 Å². The van der Waals surface area contributed by atoms with E-state index in [1.807, 2.05) is 0 Å². The fourth-order valence-corrected chi connectivity index (χ4v) is 2.54. The van der Waals surface area contributed by atoms with Crippen molar-refractivity contribution in [1.82, 2.24) is 0 Å². The quantitative estimate of drug-likeness (QED) is 0.361. The fraction of sp³-hybridized carbons (Fsp3) is 0.600. The van der Waals surface area contributed by atoms with Gasteiger partial charge in [-0.2, -0.15) is 70.2 Å². The average Bonchev–Trinajstić information content (AvgIpc) is 2.58. The minimum atomic E-state index is -8.29. The van der Waals surface area contributed by atoms with Gasteiger partial charge in [-0.15, -0.1) is 0 Å². The molecule has 0 spiro atoms. The van der Waals surface area contributed by atoms with E-state index < -0.39 is 64.6 Å². The highest BCUT2D eigenvalue weighted by Crippen LogP contribution is 2.62. The zero-order chi connectivity index (χ0) is 26.7. The predicted molar refractivity (Wildman–Crippen MR) is 76.8 cm³/mol. The van der Waals surface area contributed by atoms with Gasteiger partial charge in [0.2, 0.25) is 0 Å². The molecule has 1 aromatic carbocycles. The highest BCUT2D eigenvalue weighted by Gasteiger charge is 2.91. The molecule has 0 aliphatic heterocycles. The number of halogens is 17. The van der Waals surface area contributed by atoms with Crippen molar-refractivity contribution in [2.45, 2.75) is 54.0 Å². The van der Waals surface area contributed by atoms with Gasteiger partial charge in [-0.1, -0.05) is 23.7 Å². The molecule has 0 aromatic heterocycles. The summed E-state index contributed by atoms with van der Waals surface area (Å²) in [6.45, 7) is 0. The summed E-state index contributed by atoms with van der Waals surface area (Å²) in [5, 5.41) is 8.89. The van der Waals surface area contributed by atoms with Crippen LogP contribution in [-0.4, -0.2) is 47.1 Å². The molecule has 192 valence electrons. The predicted octanol–water partition coefficient (Wildman–Crippen LogP) is 7.22. The molecular weight excluding hydrogens is 536 g/mol. The van der Waals surface area contributed by atoms with Crippen LogP contribution in [0.5, 0.6) is 0 Å². The van der Waals surface area contributed by atoms with Gasteiger partial charge in [0.15, 0.2) is 5.60 Å². The maximum atomic E-state index is 13.9. The first-order valence-corrected chi connectivity index (χ1v) is 8.09. The standard InChI is InChI=1S/C15H7ClF16O/c16-7-3-1-2-6(4-7)8(33,14(27,28)29)5-9(17,18)10(19,20)11(21,22)12(23,24)13(25,26)15(30,31)32/h1-4,33H,5H2. The number of rotatable bonds is 7. The summed E-state index contributed by atoms with van der Waals surface area (Å²) in [6.07, 6.45) is -18.0. The van der Waals surface area contributed by atoms with Gasteiger partial charge in [-0.05, 0) is 17.7 Å². The maximum Gasteiger partial charge on any atom is 0.460 e. The monoisotopic (exact) mass is 542 g/mol. The number of hydrogen-bond donors (Lipinski definition) is 1. The van der Waals surface area contributed by atoms with Crippen LogP contribution in [0.3, 0.4) is 0 Å². The molecular formula is C15H7ClF16O. The number of alkyl halides is 16. The summed E-state index contributed by atoms with van der Waals surface area (Å²) < 4.78 is 210. The zero-order valence-corrected chi connectivity index (χ0v) is 15.6. The number of aliphatic hydroxyl groups is 1. The molecule has 1 aromatic rings. The first-order valence-electron chi connectivity index (χ1n) is 7.71. The second kappa shape index (κ2) is 7.95. The molecule has 0 aliphatic rings. The molecule has 33 heavy (non-hydrogen) atoms. The average molecular weight is 543 g/mol. The summed E-state index contributed by atoms with van der Waals surface area (Å²) in [7, 11) is 0. The van der Waals surface area contributed by atoms with Gasteiger partial charge in [0.1, 0.15) is 0 Å². The molecule has 0 aliphatic carbocycles. The SMILES string of the molecule is OC(CC(F)(F)C(F)(F)C(F)(F)C(F)(F)C(F)(F)C(F)(F)F)(c1cccc(Cl)c1)C(F)(F)F. The number of hydrogen-bond acceptors (Lipinski definition) is 1. The molecule has 0 saturated carbocycles. The lowest BCUT2D eigenvalue weighted by Gasteiger charge is -2.42. The second-order valence-corrected chi connectivity index (χ2v) is 6.98. The Morgan fingerprint density at radius 1 is 0.606 bits per heavy atom. The van der Waals surface area contributed by atoms with Gasteiger partial charge < -0.3 is 5.11 Å². The molecule has 1 atom stereocenters. The second-order valence-electron chi connectivity index (χ2n) is 6.54. The van der Waals surface area contributed by atoms with E-state index in [2.05, 4.69) is 0 Å². The van der Waals surface area contributed by atoms with Gasteiger partial charge >= 0.3 is 42.0 Å². The van der Waals surface area contributed by atoms with Crippen molar-refractivity contribution < 1.29 is 75.4 Å². The molecule has 0 bridgehead atoms. The van der Waals surface area contributed by atoms with Gasteiger partial charge in [0.05, 0.1) is 6.42 Å². The van der Waals surface area contributed by atoms with Crippen molar-refractivity contribution in [3.8, 4) is 0 Å². The van der Waals surface area contributed by atoms with Gasteiger partial charge in [0, 0.05) is 5.02 Å². The summed E-state index contributed by atoms with van der Waals surface area (Å²) in [6, 6.07) is 1.45. The largest absolute Gasteiger partial charge is 0.460 e. The van der Waals surface area contributed by atoms with Crippen LogP contribution in [0.25, 0.3) is 0 Å². The van der Waals surface area contributed by atoms with E-state index >= 15 is 0 Å². The minimum Gasteiger partial charge on any atom is -0.376 e. The Bertz CT molecular complexity index is 858.